The second-order valence-corrected chi connectivity index (χ2v) is 8.39. The van der Waals surface area contributed by atoms with Gasteiger partial charge in [0.1, 0.15) is 0 Å². The van der Waals surface area contributed by atoms with Gasteiger partial charge in [-0.15, -0.1) is 11.6 Å². The number of hydrogen-bond donors (Lipinski definition) is 0. The molecular formula is C18H17ClN2O2S. The highest BCUT2D eigenvalue weighted by Crippen LogP contribution is 2.34. The molecule has 1 unspecified atom stereocenters. The van der Waals surface area contributed by atoms with Gasteiger partial charge in [-0.3, -0.25) is 9.98 Å². The summed E-state index contributed by atoms with van der Waals surface area (Å²) in [6, 6.07) is 10.8. The van der Waals surface area contributed by atoms with Gasteiger partial charge in [0.2, 0.25) is 0 Å². The van der Waals surface area contributed by atoms with Crippen LogP contribution >= 0.6 is 11.6 Å². The van der Waals surface area contributed by atoms with Crippen LogP contribution in [0.4, 0.5) is 0 Å². The number of aliphatic imine (C=N–C) groups is 1. The number of rotatable bonds is 3. The molecule has 0 amide bonds. The number of hydrogen-bond acceptors (Lipinski definition) is 4. The highest BCUT2D eigenvalue weighted by Gasteiger charge is 2.19. The zero-order chi connectivity index (χ0) is 17.3. The average Bonchev–Trinajstić information content (AvgIpc) is 2.55. The summed E-state index contributed by atoms with van der Waals surface area (Å²) in [4.78, 5) is 9.13. The molecule has 1 aliphatic heterocycles. The van der Waals surface area contributed by atoms with Crippen LogP contribution in [0.3, 0.4) is 0 Å². The SMILES string of the molecule is Cc1ccc(C2=C(c3ccc(S(C)(=O)=O)cc3)CC(Cl)C=N2)cn1. The highest BCUT2D eigenvalue weighted by atomic mass is 35.5. The lowest BCUT2D eigenvalue weighted by Gasteiger charge is -2.19. The van der Waals surface area contributed by atoms with Crippen molar-refractivity contribution in [1.82, 2.24) is 4.98 Å². The molecule has 0 N–H and O–H groups in total. The number of aromatic nitrogens is 1. The molecule has 1 atom stereocenters. The maximum atomic E-state index is 11.6. The van der Waals surface area contributed by atoms with Crippen molar-refractivity contribution >= 4 is 38.9 Å². The van der Waals surface area contributed by atoms with Crippen molar-refractivity contribution in [3.63, 3.8) is 0 Å². The first-order valence-corrected chi connectivity index (χ1v) is 9.82. The van der Waals surface area contributed by atoms with E-state index >= 15 is 0 Å². The molecule has 3 rings (SSSR count). The van der Waals surface area contributed by atoms with Gasteiger partial charge >= 0.3 is 0 Å². The Balaban J connectivity index is 2.09. The van der Waals surface area contributed by atoms with Crippen LogP contribution in [0.1, 0.15) is 23.2 Å². The monoisotopic (exact) mass is 360 g/mol. The van der Waals surface area contributed by atoms with E-state index in [1.807, 2.05) is 19.1 Å². The van der Waals surface area contributed by atoms with E-state index in [-0.39, 0.29) is 5.38 Å². The van der Waals surface area contributed by atoms with E-state index in [1.54, 1.807) is 36.7 Å². The lowest BCUT2D eigenvalue weighted by atomic mass is 9.94. The Hall–Kier alpha value is -1.98. The van der Waals surface area contributed by atoms with Crippen molar-refractivity contribution in [2.45, 2.75) is 23.6 Å². The molecule has 4 nitrogen and oxygen atoms in total. The normalized spacial score (nSPS) is 18.0. The summed E-state index contributed by atoms with van der Waals surface area (Å²) in [7, 11) is -3.21. The third-order valence-corrected chi connectivity index (χ3v) is 5.26. The van der Waals surface area contributed by atoms with Gasteiger partial charge < -0.3 is 0 Å². The lowest BCUT2D eigenvalue weighted by Crippen LogP contribution is -2.09. The summed E-state index contributed by atoms with van der Waals surface area (Å²) in [5.74, 6) is 0. The first-order valence-electron chi connectivity index (χ1n) is 7.49. The van der Waals surface area contributed by atoms with Crippen LogP contribution in [0.5, 0.6) is 0 Å². The Morgan fingerprint density at radius 3 is 2.33 bits per heavy atom. The summed E-state index contributed by atoms with van der Waals surface area (Å²) in [5.41, 5.74) is 4.59. The van der Waals surface area contributed by atoms with Crippen molar-refractivity contribution in [2.24, 2.45) is 4.99 Å². The number of halogens is 1. The van der Waals surface area contributed by atoms with Gasteiger partial charge in [-0.25, -0.2) is 8.42 Å². The second kappa shape index (κ2) is 6.49. The number of benzene rings is 1. The predicted octanol–water partition coefficient (Wildman–Crippen LogP) is 3.74. The maximum Gasteiger partial charge on any atom is 0.175 e. The molecule has 1 aromatic carbocycles. The van der Waals surface area contributed by atoms with E-state index in [1.165, 1.54) is 6.26 Å². The van der Waals surface area contributed by atoms with E-state index in [0.717, 1.165) is 28.1 Å². The minimum Gasteiger partial charge on any atom is -0.261 e. The minimum atomic E-state index is -3.21. The fourth-order valence-electron chi connectivity index (χ4n) is 2.59. The molecule has 124 valence electrons. The molecule has 0 saturated carbocycles. The quantitative estimate of drug-likeness (QED) is 0.783. The summed E-state index contributed by atoms with van der Waals surface area (Å²) < 4.78 is 23.3. The first-order chi connectivity index (χ1) is 11.3. The molecule has 0 spiro atoms. The maximum absolute atomic E-state index is 11.6. The van der Waals surface area contributed by atoms with Crippen molar-refractivity contribution in [1.29, 1.82) is 0 Å². The van der Waals surface area contributed by atoms with Crippen LogP contribution in [-0.4, -0.2) is 31.2 Å². The Labute approximate surface area is 146 Å². The molecule has 6 heteroatoms. The molecular weight excluding hydrogens is 344 g/mol. The van der Waals surface area contributed by atoms with Crippen molar-refractivity contribution in [3.8, 4) is 0 Å². The molecule has 2 heterocycles. The van der Waals surface area contributed by atoms with E-state index < -0.39 is 9.84 Å². The average molecular weight is 361 g/mol. The summed E-state index contributed by atoms with van der Waals surface area (Å²) in [6.45, 7) is 1.93. The topological polar surface area (TPSA) is 59.4 Å². The van der Waals surface area contributed by atoms with Gasteiger partial charge in [-0.05, 0) is 48.7 Å². The zero-order valence-electron chi connectivity index (χ0n) is 13.4. The Morgan fingerprint density at radius 1 is 1.08 bits per heavy atom. The van der Waals surface area contributed by atoms with Crippen molar-refractivity contribution in [3.05, 3.63) is 59.4 Å². The van der Waals surface area contributed by atoms with Gasteiger partial charge in [-0.1, -0.05) is 12.1 Å². The van der Waals surface area contributed by atoms with Crippen LogP contribution in [0, 0.1) is 6.92 Å². The van der Waals surface area contributed by atoms with Crippen LogP contribution in [0.25, 0.3) is 11.3 Å². The smallest absolute Gasteiger partial charge is 0.175 e. The van der Waals surface area contributed by atoms with Gasteiger partial charge in [0.25, 0.3) is 0 Å². The third-order valence-electron chi connectivity index (χ3n) is 3.87. The Kier molecular flexibility index (Phi) is 4.56. The largest absolute Gasteiger partial charge is 0.261 e. The lowest BCUT2D eigenvalue weighted by molar-refractivity contribution is 0.602. The van der Waals surface area contributed by atoms with E-state index in [2.05, 4.69) is 9.98 Å². The Bertz CT molecular complexity index is 914. The molecule has 0 fully saturated rings. The number of alkyl halides is 1. The number of nitrogens with zero attached hydrogens (tertiary/aromatic N) is 2. The summed E-state index contributed by atoms with van der Waals surface area (Å²) >= 11 is 6.25. The van der Waals surface area contributed by atoms with Crippen LogP contribution in [0.15, 0.2) is 52.5 Å². The number of aryl methyl sites for hydroxylation is 1. The predicted molar refractivity (Wildman–Crippen MR) is 98.1 cm³/mol. The zero-order valence-corrected chi connectivity index (χ0v) is 15.0. The molecule has 1 aliphatic rings. The van der Waals surface area contributed by atoms with E-state index in [9.17, 15) is 8.42 Å². The summed E-state index contributed by atoms with van der Waals surface area (Å²) in [6.07, 6.45) is 5.35. The molecule has 0 saturated heterocycles. The third kappa shape index (κ3) is 3.57. The fraction of sp³-hybridized carbons (Fsp3) is 0.222. The minimum absolute atomic E-state index is 0.184. The second-order valence-electron chi connectivity index (χ2n) is 5.81. The van der Waals surface area contributed by atoms with Crippen LogP contribution in [-0.2, 0) is 9.84 Å². The summed E-state index contributed by atoms with van der Waals surface area (Å²) in [5, 5.41) is -0.184. The standard InChI is InChI=1S/C18H17ClN2O2S/c1-12-3-4-14(10-20-12)18-17(9-15(19)11-21-18)13-5-7-16(8-6-13)24(2,22)23/h3-8,10-11,15H,9H2,1-2H3. The molecule has 0 bridgehead atoms. The van der Waals surface area contributed by atoms with E-state index in [4.69, 9.17) is 11.6 Å². The van der Waals surface area contributed by atoms with E-state index in [0.29, 0.717) is 11.3 Å². The molecule has 24 heavy (non-hydrogen) atoms. The van der Waals surface area contributed by atoms with Crippen molar-refractivity contribution < 1.29 is 8.42 Å². The fourth-order valence-corrected chi connectivity index (χ4v) is 3.43. The molecule has 0 aliphatic carbocycles. The number of allylic oxidation sites excluding steroid dienone is 1. The molecule has 0 radical (unpaired) electrons. The van der Waals surface area contributed by atoms with Crippen molar-refractivity contribution in [2.75, 3.05) is 6.26 Å². The molecule has 2 aromatic rings. The van der Waals surface area contributed by atoms with Gasteiger partial charge in [0.05, 0.1) is 16.0 Å². The number of sulfone groups is 1. The first kappa shape index (κ1) is 16.9. The van der Waals surface area contributed by atoms with Crippen LogP contribution in [0.2, 0.25) is 0 Å². The number of pyridine rings is 1. The van der Waals surface area contributed by atoms with Crippen LogP contribution < -0.4 is 0 Å². The Morgan fingerprint density at radius 2 is 1.75 bits per heavy atom. The van der Waals surface area contributed by atoms with Gasteiger partial charge in [0, 0.05) is 29.9 Å². The highest BCUT2D eigenvalue weighted by molar-refractivity contribution is 7.90. The molecule has 1 aromatic heterocycles. The van der Waals surface area contributed by atoms with Gasteiger partial charge in [-0.2, -0.15) is 0 Å². The van der Waals surface area contributed by atoms with Gasteiger partial charge in [0.15, 0.2) is 9.84 Å².